The number of hydrogen-bond donors (Lipinski definition) is 2. The number of ether oxygens (including phenoxy) is 4. The molecule has 0 aromatic heterocycles. The summed E-state index contributed by atoms with van der Waals surface area (Å²) in [5.41, 5.74) is 12.8. The quantitative estimate of drug-likeness (QED) is 0.409. The first-order valence-electron chi connectivity index (χ1n) is 13.6. The number of phenols is 2. The van der Waals surface area contributed by atoms with Gasteiger partial charge in [0.15, 0.2) is 23.0 Å². The maximum absolute atomic E-state index is 12.8. The van der Waals surface area contributed by atoms with E-state index < -0.39 is 35.4 Å². The van der Waals surface area contributed by atoms with Gasteiger partial charge < -0.3 is 34.9 Å². The number of phenolic OH excluding ortho intramolecular Hbond substituents is 2. The third kappa shape index (κ3) is 4.02. The Balaban J connectivity index is 0.00000316. The van der Waals surface area contributed by atoms with E-state index in [0.29, 0.717) is 40.4 Å². The number of piperazine rings is 1. The Labute approximate surface area is 283 Å². The SMILES string of the molecule is COc1c(C)cc2c(c1O)[C@@H]1C3[C@@H]4SC[C@H]([NH-])C(=O)OC[C@@H](c5c6c(c(C)c(O)c54)OCO6)N3[C@@H](C#N)[C@H](C2)N1C.[Ac]. The average molecular weight is 807 g/mol. The molecule has 5 aliphatic rings. The van der Waals surface area contributed by atoms with E-state index in [9.17, 15) is 20.3 Å². The zero-order valence-electron chi connectivity index (χ0n) is 23.7. The summed E-state index contributed by atoms with van der Waals surface area (Å²) in [6.07, 6.45) is 0.533. The van der Waals surface area contributed by atoms with Crippen molar-refractivity contribution in [2.75, 3.05) is 33.3 Å². The third-order valence-electron chi connectivity index (χ3n) is 9.44. The van der Waals surface area contributed by atoms with Crippen molar-refractivity contribution in [3.63, 3.8) is 0 Å². The van der Waals surface area contributed by atoms with Gasteiger partial charge in [-0.1, -0.05) is 6.07 Å². The molecule has 1 unspecified atom stereocenters. The predicted octanol–water partition coefficient (Wildman–Crippen LogP) is 3.43. The molecule has 3 N–H and O–H groups in total. The summed E-state index contributed by atoms with van der Waals surface area (Å²) in [6.45, 7) is 3.54. The van der Waals surface area contributed by atoms with E-state index in [4.69, 9.17) is 24.7 Å². The molecule has 11 nitrogen and oxygen atoms in total. The van der Waals surface area contributed by atoms with E-state index >= 15 is 0 Å². The first kappa shape index (κ1) is 30.1. The normalized spacial score (nSPS) is 31.1. The van der Waals surface area contributed by atoms with Gasteiger partial charge in [0.05, 0.1) is 30.5 Å². The van der Waals surface area contributed by atoms with E-state index in [1.54, 1.807) is 6.92 Å². The van der Waals surface area contributed by atoms with Gasteiger partial charge in [0.1, 0.15) is 18.4 Å². The Hall–Kier alpha value is -1.93. The van der Waals surface area contributed by atoms with E-state index in [1.807, 2.05) is 20.0 Å². The van der Waals surface area contributed by atoms with E-state index in [0.717, 1.165) is 16.7 Å². The molecule has 0 spiro atoms. The molecule has 5 aliphatic heterocycles. The number of carbonyl (C=O) groups excluding carboxylic acids is 1. The fraction of sp³-hybridized carbons (Fsp3) is 0.517. The molecular weight excluding hydrogens is 775 g/mol. The number of nitrogens with zero attached hydrogens (tertiary/aromatic N) is 3. The Kier molecular flexibility index (Phi) is 7.82. The molecule has 2 fully saturated rings. The third-order valence-corrected chi connectivity index (χ3v) is 10.8. The van der Waals surface area contributed by atoms with Crippen molar-refractivity contribution in [3.05, 3.63) is 45.2 Å². The standard InChI is InChI=1S/C29H31N4O7S.Ac/c1-11-5-13-6-15-16(7-30)33-17-8-38-29(36)14(31)9-41-28(20-19(17)27-26(39-10-40-27)12(2)23(20)34)22(33)21(32(15)3)18(13)24(35)25(11)37-4;/h5,14-17,21-22,28,31,34-35H,6,8-10H2,1-4H3;/q-1;/t14-,15-,16-,17-,21+,22?,28+;/m0./s1. The summed E-state index contributed by atoms with van der Waals surface area (Å²) in [7, 11) is 3.51. The number of rotatable bonds is 1. The van der Waals surface area contributed by atoms with Gasteiger partial charge >= 0.3 is 0 Å². The zero-order chi connectivity index (χ0) is 28.9. The van der Waals surface area contributed by atoms with E-state index in [2.05, 4.69) is 15.9 Å². The molecule has 2 aromatic rings. The summed E-state index contributed by atoms with van der Waals surface area (Å²) < 4.78 is 23.1. The van der Waals surface area contributed by atoms with Gasteiger partial charge in [-0.2, -0.15) is 17.0 Å². The van der Waals surface area contributed by atoms with Gasteiger partial charge in [0, 0.05) is 78.4 Å². The van der Waals surface area contributed by atoms with E-state index in [-0.39, 0.29) is 86.8 Å². The van der Waals surface area contributed by atoms with Crippen LogP contribution in [0.1, 0.15) is 50.7 Å². The smallest absolute Gasteiger partial charge is 0.288 e. The van der Waals surface area contributed by atoms with E-state index in [1.165, 1.54) is 18.9 Å². The number of fused-ring (bicyclic) bond motifs is 9. The van der Waals surface area contributed by atoms with Gasteiger partial charge in [-0.25, -0.2) is 0 Å². The summed E-state index contributed by atoms with van der Waals surface area (Å²) in [6, 6.07) is 1.19. The van der Waals surface area contributed by atoms with Gasteiger partial charge in [0.2, 0.25) is 6.79 Å². The number of aromatic hydroxyl groups is 2. The maximum atomic E-state index is 12.8. The number of carbonyl (C=O) groups is 1. The minimum atomic E-state index is -1.11. The largest absolute Gasteiger partial charge is 0.665 e. The molecule has 42 heavy (non-hydrogen) atoms. The fourth-order valence-corrected chi connectivity index (χ4v) is 9.13. The summed E-state index contributed by atoms with van der Waals surface area (Å²) >= 11 is 1.38. The molecule has 7 rings (SSSR count). The number of cyclic esters (lactones) is 1. The number of benzene rings is 2. The molecule has 0 aliphatic carbocycles. The van der Waals surface area contributed by atoms with Gasteiger partial charge in [-0.3, -0.25) is 14.6 Å². The van der Waals surface area contributed by atoms with Crippen LogP contribution in [0.5, 0.6) is 28.7 Å². The number of aryl methyl sites for hydroxylation is 1. The van der Waals surface area contributed by atoms with Crippen LogP contribution in [0.2, 0.25) is 0 Å². The average Bonchev–Trinajstić information content (AvgIpc) is 3.44. The number of esters is 1. The van der Waals surface area contributed by atoms with Crippen LogP contribution in [0.4, 0.5) is 0 Å². The molecule has 0 amide bonds. The van der Waals surface area contributed by atoms with Crippen LogP contribution in [0.3, 0.4) is 0 Å². The summed E-state index contributed by atoms with van der Waals surface area (Å²) in [4.78, 5) is 17.0. The summed E-state index contributed by atoms with van der Waals surface area (Å²) in [5, 5.41) is 33.6. The van der Waals surface area contributed by atoms with Crippen LogP contribution in [0.25, 0.3) is 5.73 Å². The van der Waals surface area contributed by atoms with Crippen LogP contribution >= 0.6 is 11.8 Å². The van der Waals surface area contributed by atoms with Crippen molar-refractivity contribution in [1.82, 2.24) is 9.80 Å². The minimum Gasteiger partial charge on any atom is -0.665 e. The Bertz CT molecular complexity index is 1530. The van der Waals surface area contributed by atoms with Crippen molar-refractivity contribution < 1.29 is 78.0 Å². The van der Waals surface area contributed by atoms with Crippen molar-refractivity contribution in [2.24, 2.45) is 0 Å². The molecule has 4 bridgehead atoms. The first-order chi connectivity index (χ1) is 19.7. The molecule has 1 radical (unpaired) electrons. The minimum absolute atomic E-state index is 0. The van der Waals surface area contributed by atoms with Crippen molar-refractivity contribution in [1.29, 1.82) is 5.26 Å². The number of hydrogen-bond acceptors (Lipinski definition) is 11. The number of likely N-dealkylation sites (N-methyl/N-ethyl adjacent to an activating group) is 1. The monoisotopic (exact) mass is 806 g/mol. The molecular formula is C29H31AcN4O7S-. The second-order valence-corrected chi connectivity index (χ2v) is 12.5. The second kappa shape index (κ2) is 10.9. The van der Waals surface area contributed by atoms with Gasteiger partial charge in [-0.15, -0.1) is 0 Å². The molecule has 219 valence electrons. The number of thioether (sulfide) groups is 1. The first-order valence-corrected chi connectivity index (χ1v) is 14.7. The fourth-order valence-electron chi connectivity index (χ4n) is 7.71. The van der Waals surface area contributed by atoms with Crippen LogP contribution in [-0.4, -0.2) is 83.5 Å². The second-order valence-electron chi connectivity index (χ2n) is 11.4. The molecule has 0 saturated carbocycles. The van der Waals surface area contributed by atoms with Crippen LogP contribution in [-0.2, 0) is 16.0 Å². The van der Waals surface area contributed by atoms with Crippen LogP contribution in [0.15, 0.2) is 6.07 Å². The Morgan fingerprint density at radius 3 is 2.60 bits per heavy atom. The van der Waals surface area contributed by atoms with Crippen molar-refractivity contribution in [3.8, 4) is 34.8 Å². The van der Waals surface area contributed by atoms with Crippen molar-refractivity contribution >= 4 is 17.7 Å². The molecule has 2 saturated heterocycles. The zero-order valence-corrected chi connectivity index (χ0v) is 29.3. The number of nitrogens with one attached hydrogen (secondary N) is 1. The van der Waals surface area contributed by atoms with Gasteiger partial charge in [-0.05, 0) is 50.2 Å². The van der Waals surface area contributed by atoms with Crippen molar-refractivity contribution in [2.45, 2.75) is 61.8 Å². The van der Waals surface area contributed by atoms with Crippen LogP contribution in [0, 0.1) is 69.2 Å². The predicted molar refractivity (Wildman–Crippen MR) is 148 cm³/mol. The molecule has 5 heterocycles. The van der Waals surface area contributed by atoms with Crippen LogP contribution < -0.4 is 14.2 Å². The summed E-state index contributed by atoms with van der Waals surface area (Å²) in [5.74, 6) is 0.982. The maximum Gasteiger partial charge on any atom is 0.288 e. The topological polar surface area (TPSA) is 149 Å². The Morgan fingerprint density at radius 1 is 1.14 bits per heavy atom. The molecule has 2 aromatic carbocycles. The Morgan fingerprint density at radius 2 is 1.88 bits per heavy atom. The molecule has 7 atom stereocenters. The number of nitriles is 1. The van der Waals surface area contributed by atoms with Gasteiger partial charge in [0.25, 0.3) is 5.97 Å². The number of methoxy groups -OCH3 is 1. The molecule has 13 heteroatoms.